The van der Waals surface area contributed by atoms with E-state index < -0.39 is 28.0 Å². The highest BCUT2D eigenvalue weighted by atomic mass is 127. The average molecular weight is 701 g/mol. The molecule has 0 bridgehead atoms. The van der Waals surface area contributed by atoms with E-state index >= 15 is 0 Å². The molecule has 1 fully saturated rings. The van der Waals surface area contributed by atoms with Crippen LogP contribution in [0.3, 0.4) is 0 Å². The van der Waals surface area contributed by atoms with Crippen molar-refractivity contribution in [1.29, 1.82) is 0 Å². The van der Waals surface area contributed by atoms with Gasteiger partial charge in [-0.1, -0.05) is 40.9 Å². The molecular formula is C26H19Cl2IN2O7S. The molecule has 0 unspecified atom stereocenters. The molecule has 3 aromatic carbocycles. The predicted molar refractivity (Wildman–Crippen MR) is 155 cm³/mol. The average Bonchev–Trinajstić information content (AvgIpc) is 2.86. The van der Waals surface area contributed by atoms with Gasteiger partial charge in [-0.3, -0.25) is 14.9 Å². The van der Waals surface area contributed by atoms with Crippen molar-refractivity contribution in [3.8, 4) is 11.5 Å². The summed E-state index contributed by atoms with van der Waals surface area (Å²) in [6.45, 7) is 3.71. The van der Waals surface area contributed by atoms with Crippen molar-refractivity contribution >= 4 is 85.5 Å². The maximum atomic E-state index is 13.2. The first kappa shape index (κ1) is 28.9. The van der Waals surface area contributed by atoms with Crippen molar-refractivity contribution in [3.63, 3.8) is 0 Å². The fourth-order valence-corrected chi connectivity index (χ4v) is 5.69. The topological polar surface area (TPSA) is 119 Å². The van der Waals surface area contributed by atoms with E-state index in [9.17, 15) is 22.8 Å². The van der Waals surface area contributed by atoms with Crippen molar-refractivity contribution in [1.82, 2.24) is 5.32 Å². The van der Waals surface area contributed by atoms with Gasteiger partial charge in [0.2, 0.25) is 0 Å². The molecule has 1 aliphatic heterocycles. The first-order valence-corrected chi connectivity index (χ1v) is 14.5. The van der Waals surface area contributed by atoms with E-state index in [-0.39, 0.29) is 44.3 Å². The van der Waals surface area contributed by atoms with Gasteiger partial charge in [0.1, 0.15) is 10.5 Å². The van der Waals surface area contributed by atoms with Crippen molar-refractivity contribution in [2.45, 2.75) is 18.7 Å². The number of ether oxygens (including phenoxy) is 1. The number of nitrogens with zero attached hydrogens (tertiary/aromatic N) is 1. The summed E-state index contributed by atoms with van der Waals surface area (Å²) in [5.74, 6) is -1.77. The molecule has 1 aliphatic rings. The lowest BCUT2D eigenvalue weighted by Crippen LogP contribution is -2.54. The van der Waals surface area contributed by atoms with E-state index in [0.717, 1.165) is 10.5 Å². The predicted octanol–water partition coefficient (Wildman–Crippen LogP) is 5.74. The molecule has 0 aliphatic carbocycles. The Labute approximate surface area is 247 Å². The second kappa shape index (κ2) is 11.5. The fraction of sp³-hybridized carbons (Fsp3) is 0.115. The second-order valence-electron chi connectivity index (χ2n) is 8.17. The molecule has 0 radical (unpaired) electrons. The van der Waals surface area contributed by atoms with E-state index in [1.807, 2.05) is 29.5 Å². The number of carbonyl (C=O) groups excluding carboxylic acids is 3. The molecule has 0 atom stereocenters. The lowest BCUT2D eigenvalue weighted by molar-refractivity contribution is -0.122. The van der Waals surface area contributed by atoms with E-state index in [1.54, 1.807) is 19.1 Å². The summed E-state index contributed by atoms with van der Waals surface area (Å²) in [5.41, 5.74) is 0.973. The molecule has 3 aromatic rings. The zero-order valence-electron chi connectivity index (χ0n) is 20.3. The number of aryl methyl sites for hydroxylation is 1. The van der Waals surface area contributed by atoms with Gasteiger partial charge >= 0.3 is 16.1 Å². The molecule has 0 spiro atoms. The van der Waals surface area contributed by atoms with E-state index in [2.05, 4.69) is 5.32 Å². The number of urea groups is 1. The molecule has 1 N–H and O–H groups in total. The number of carbonyl (C=O) groups is 3. The summed E-state index contributed by atoms with van der Waals surface area (Å²) in [6.07, 6.45) is 1.26. The highest BCUT2D eigenvalue weighted by molar-refractivity contribution is 14.1. The maximum Gasteiger partial charge on any atom is 0.339 e. The van der Waals surface area contributed by atoms with Crippen LogP contribution in [0, 0.1) is 10.5 Å². The third-order valence-corrected chi connectivity index (χ3v) is 8.18. The van der Waals surface area contributed by atoms with Crippen LogP contribution in [0.5, 0.6) is 11.5 Å². The van der Waals surface area contributed by atoms with Crippen molar-refractivity contribution in [3.05, 3.63) is 84.9 Å². The molecule has 1 saturated heterocycles. The third-order valence-electron chi connectivity index (χ3n) is 5.41. The smallest absolute Gasteiger partial charge is 0.339 e. The van der Waals surface area contributed by atoms with Crippen molar-refractivity contribution in [2.24, 2.45) is 0 Å². The summed E-state index contributed by atoms with van der Waals surface area (Å²) in [7, 11) is -4.18. The summed E-state index contributed by atoms with van der Waals surface area (Å²) in [4.78, 5) is 39.1. The Morgan fingerprint density at radius 2 is 1.69 bits per heavy atom. The van der Waals surface area contributed by atoms with Crippen LogP contribution in [0.2, 0.25) is 10.0 Å². The van der Waals surface area contributed by atoms with Crippen molar-refractivity contribution < 1.29 is 31.7 Å². The van der Waals surface area contributed by atoms with Crippen LogP contribution >= 0.6 is 45.8 Å². The Hall–Kier alpha value is -3.13. The molecule has 0 saturated carbocycles. The third kappa shape index (κ3) is 6.21. The standard InChI is InChI=1S/C26H19Cl2IN2O7S/c1-3-37-22-12-15(11-21(29)23(22)38-39(35,36)17-7-4-14(2)5-8-17)10-18-24(32)30-26(34)31(25(18)33)16-6-9-19(27)20(28)13-16/h4-13H,3H2,1-2H3,(H,30,32,34)/b18-10+. The molecule has 1 heterocycles. The number of barbiturate groups is 1. The first-order valence-electron chi connectivity index (χ1n) is 11.2. The zero-order chi connectivity index (χ0) is 28.5. The normalized spacial score (nSPS) is 14.9. The molecule has 0 aromatic heterocycles. The van der Waals surface area contributed by atoms with Gasteiger partial charge in [0.25, 0.3) is 11.8 Å². The van der Waals surface area contributed by atoms with Crippen LogP contribution in [-0.4, -0.2) is 32.9 Å². The van der Waals surface area contributed by atoms with Crippen molar-refractivity contribution in [2.75, 3.05) is 11.5 Å². The number of amides is 4. The number of halogens is 3. The molecular weight excluding hydrogens is 682 g/mol. The summed E-state index contributed by atoms with van der Waals surface area (Å²) in [6, 6.07) is 12.3. The Morgan fingerprint density at radius 1 is 1.00 bits per heavy atom. The minimum Gasteiger partial charge on any atom is -0.490 e. The largest absolute Gasteiger partial charge is 0.490 e. The maximum absolute atomic E-state index is 13.2. The number of hydrogen-bond acceptors (Lipinski definition) is 7. The Bertz CT molecular complexity index is 1640. The molecule has 202 valence electrons. The van der Waals surface area contributed by atoms with E-state index in [1.165, 1.54) is 48.5 Å². The van der Waals surface area contributed by atoms with Gasteiger partial charge in [0.15, 0.2) is 11.5 Å². The van der Waals surface area contributed by atoms with Gasteiger partial charge in [-0.2, -0.15) is 8.42 Å². The van der Waals surface area contributed by atoms with Crippen LogP contribution in [0.1, 0.15) is 18.1 Å². The van der Waals surface area contributed by atoms with Gasteiger partial charge in [-0.25, -0.2) is 9.69 Å². The summed E-state index contributed by atoms with van der Waals surface area (Å²) >= 11 is 13.8. The number of anilines is 1. The van der Waals surface area contributed by atoms with Gasteiger partial charge in [0, 0.05) is 0 Å². The lowest BCUT2D eigenvalue weighted by atomic mass is 10.1. The zero-order valence-corrected chi connectivity index (χ0v) is 24.8. The van der Waals surface area contributed by atoms with Gasteiger partial charge in [0.05, 0.1) is 25.9 Å². The van der Waals surface area contributed by atoms with Crippen LogP contribution < -0.4 is 19.1 Å². The van der Waals surface area contributed by atoms with Crippen LogP contribution in [0.15, 0.2) is 65.1 Å². The molecule has 4 amide bonds. The SMILES string of the molecule is CCOc1cc(/C=C2\C(=O)NC(=O)N(c3ccc(Cl)c(Cl)c3)C2=O)cc(I)c1OS(=O)(=O)c1ccc(C)cc1. The first-order chi connectivity index (χ1) is 18.4. The van der Waals surface area contributed by atoms with E-state index in [0.29, 0.717) is 9.13 Å². The van der Waals surface area contributed by atoms with Gasteiger partial charge < -0.3 is 8.92 Å². The number of benzene rings is 3. The number of nitrogens with one attached hydrogen (secondary N) is 1. The Morgan fingerprint density at radius 3 is 2.33 bits per heavy atom. The number of rotatable bonds is 7. The minimum atomic E-state index is -4.18. The highest BCUT2D eigenvalue weighted by Gasteiger charge is 2.37. The second-order valence-corrected chi connectivity index (χ2v) is 11.7. The fourth-order valence-electron chi connectivity index (χ4n) is 3.56. The highest BCUT2D eigenvalue weighted by Crippen LogP contribution is 2.37. The minimum absolute atomic E-state index is 0.0333. The lowest BCUT2D eigenvalue weighted by Gasteiger charge is -2.26. The van der Waals surface area contributed by atoms with Gasteiger partial charge in [-0.15, -0.1) is 0 Å². The molecule has 13 heteroatoms. The van der Waals surface area contributed by atoms with Crippen LogP contribution in [0.4, 0.5) is 10.5 Å². The monoisotopic (exact) mass is 700 g/mol. The van der Waals surface area contributed by atoms with Crippen LogP contribution in [0.25, 0.3) is 6.08 Å². The summed E-state index contributed by atoms with van der Waals surface area (Å²) < 4.78 is 37.2. The Kier molecular flexibility index (Phi) is 8.54. The number of hydrogen-bond donors (Lipinski definition) is 1. The van der Waals surface area contributed by atoms with E-state index in [4.69, 9.17) is 32.1 Å². The molecule has 9 nitrogen and oxygen atoms in total. The van der Waals surface area contributed by atoms with Gasteiger partial charge in [-0.05, 0) is 90.5 Å². The summed E-state index contributed by atoms with van der Waals surface area (Å²) in [5, 5.41) is 2.47. The number of imide groups is 2. The van der Waals surface area contributed by atoms with Crippen LogP contribution in [-0.2, 0) is 19.7 Å². The Balaban J connectivity index is 1.72. The quantitative estimate of drug-likeness (QED) is 0.145. The molecule has 4 rings (SSSR count). The molecule has 39 heavy (non-hydrogen) atoms.